The molecule has 0 atom stereocenters. The highest BCUT2D eigenvalue weighted by Gasteiger charge is 2.09. The molecule has 68 valence electrons. The van der Waals surface area contributed by atoms with Gasteiger partial charge in [-0.25, -0.2) is 9.37 Å². The van der Waals surface area contributed by atoms with Crippen molar-refractivity contribution in [1.82, 2.24) is 9.38 Å². The van der Waals surface area contributed by atoms with Crippen LogP contribution in [0.2, 0.25) is 0 Å². The molecule has 0 spiro atoms. The molecule has 0 aliphatic rings. The van der Waals surface area contributed by atoms with Gasteiger partial charge in [-0.2, -0.15) is 0 Å². The summed E-state index contributed by atoms with van der Waals surface area (Å²) >= 11 is 3.22. The van der Waals surface area contributed by atoms with E-state index >= 15 is 0 Å². The van der Waals surface area contributed by atoms with Crippen LogP contribution >= 0.6 is 15.9 Å². The highest BCUT2D eigenvalue weighted by molar-refractivity contribution is 9.10. The number of hydrogen-bond donors (Lipinski definition) is 1. The SMILES string of the molecule is OCc1ccn2c(Br)cnc2c1F. The molecular weight excluding hydrogens is 239 g/mol. The summed E-state index contributed by atoms with van der Waals surface area (Å²) < 4.78 is 15.7. The normalized spacial score (nSPS) is 11.0. The molecule has 2 heterocycles. The van der Waals surface area contributed by atoms with Crippen LogP contribution in [-0.2, 0) is 6.61 Å². The van der Waals surface area contributed by atoms with Crippen LogP contribution < -0.4 is 0 Å². The van der Waals surface area contributed by atoms with Crippen molar-refractivity contribution in [1.29, 1.82) is 0 Å². The van der Waals surface area contributed by atoms with Gasteiger partial charge < -0.3 is 5.11 Å². The van der Waals surface area contributed by atoms with Crippen LogP contribution in [0.3, 0.4) is 0 Å². The van der Waals surface area contributed by atoms with Crippen molar-refractivity contribution in [3.8, 4) is 0 Å². The van der Waals surface area contributed by atoms with Gasteiger partial charge in [-0.15, -0.1) is 0 Å². The molecule has 0 unspecified atom stereocenters. The second-order valence-corrected chi connectivity index (χ2v) is 3.40. The van der Waals surface area contributed by atoms with Gasteiger partial charge >= 0.3 is 0 Å². The molecule has 0 radical (unpaired) electrons. The summed E-state index contributed by atoms with van der Waals surface area (Å²) in [5, 5.41) is 8.80. The Balaban J connectivity index is 2.80. The van der Waals surface area contributed by atoms with Crippen LogP contribution in [0.25, 0.3) is 5.65 Å². The van der Waals surface area contributed by atoms with Gasteiger partial charge in [0, 0.05) is 11.8 Å². The van der Waals surface area contributed by atoms with Crippen molar-refractivity contribution in [2.24, 2.45) is 0 Å². The number of fused-ring (bicyclic) bond motifs is 1. The van der Waals surface area contributed by atoms with Gasteiger partial charge in [0.25, 0.3) is 0 Å². The summed E-state index contributed by atoms with van der Waals surface area (Å²) in [7, 11) is 0. The number of aliphatic hydroxyl groups excluding tert-OH is 1. The molecule has 0 aliphatic carbocycles. The molecule has 0 aliphatic heterocycles. The lowest BCUT2D eigenvalue weighted by Gasteiger charge is -2.00. The highest BCUT2D eigenvalue weighted by atomic mass is 79.9. The number of imidazole rings is 1. The van der Waals surface area contributed by atoms with Crippen molar-refractivity contribution in [2.75, 3.05) is 0 Å². The first kappa shape index (κ1) is 8.65. The Kier molecular flexibility index (Phi) is 2.05. The molecule has 2 aromatic rings. The smallest absolute Gasteiger partial charge is 0.174 e. The Bertz CT molecular complexity index is 455. The summed E-state index contributed by atoms with van der Waals surface area (Å²) in [4.78, 5) is 3.86. The minimum atomic E-state index is -0.476. The maximum Gasteiger partial charge on any atom is 0.174 e. The molecule has 0 saturated heterocycles. The lowest BCUT2D eigenvalue weighted by atomic mass is 10.2. The second-order valence-electron chi connectivity index (χ2n) is 2.59. The third-order valence-corrected chi connectivity index (χ3v) is 2.41. The fourth-order valence-electron chi connectivity index (χ4n) is 1.15. The summed E-state index contributed by atoms with van der Waals surface area (Å²) in [6.45, 7) is -0.313. The first-order valence-electron chi connectivity index (χ1n) is 3.65. The van der Waals surface area contributed by atoms with Crippen LogP contribution in [0.1, 0.15) is 5.56 Å². The van der Waals surface area contributed by atoms with Gasteiger partial charge in [0.15, 0.2) is 11.5 Å². The van der Waals surface area contributed by atoms with Gasteiger partial charge in [0.1, 0.15) is 4.60 Å². The zero-order valence-corrected chi connectivity index (χ0v) is 8.12. The van der Waals surface area contributed by atoms with Gasteiger partial charge in [0.2, 0.25) is 0 Å². The summed E-state index contributed by atoms with van der Waals surface area (Å²) in [5.41, 5.74) is 0.476. The summed E-state index contributed by atoms with van der Waals surface area (Å²) in [6, 6.07) is 1.52. The van der Waals surface area contributed by atoms with Crippen molar-refractivity contribution in [3.63, 3.8) is 0 Å². The Hall–Kier alpha value is -0.940. The van der Waals surface area contributed by atoms with E-state index in [-0.39, 0.29) is 17.8 Å². The van der Waals surface area contributed by atoms with Crippen molar-refractivity contribution in [2.45, 2.75) is 6.61 Å². The first-order chi connectivity index (χ1) is 6.24. The van der Waals surface area contributed by atoms with E-state index < -0.39 is 5.82 Å². The van der Waals surface area contributed by atoms with Gasteiger partial charge in [-0.3, -0.25) is 4.40 Å². The van der Waals surface area contributed by atoms with Crippen LogP contribution in [0.15, 0.2) is 23.1 Å². The van der Waals surface area contributed by atoms with Crippen LogP contribution in [0.4, 0.5) is 4.39 Å². The molecule has 0 aromatic carbocycles. The zero-order chi connectivity index (χ0) is 9.42. The number of halogens is 2. The standard InChI is InChI=1S/C8H6BrFN2O/c9-6-3-11-8-7(10)5(4-13)1-2-12(6)8/h1-3,13H,4H2. The van der Waals surface area contributed by atoms with Gasteiger partial charge in [-0.1, -0.05) is 0 Å². The highest BCUT2D eigenvalue weighted by Crippen LogP contribution is 2.18. The predicted octanol–water partition coefficient (Wildman–Crippen LogP) is 1.73. The fraction of sp³-hybridized carbons (Fsp3) is 0.125. The molecule has 0 saturated carbocycles. The van der Waals surface area contributed by atoms with E-state index in [1.54, 1.807) is 10.6 Å². The molecule has 0 fully saturated rings. The number of aliphatic hydroxyl groups is 1. The minimum absolute atomic E-state index is 0.221. The Morgan fingerprint density at radius 3 is 3.08 bits per heavy atom. The van der Waals surface area contributed by atoms with E-state index in [1.807, 2.05) is 0 Å². The van der Waals surface area contributed by atoms with Crippen LogP contribution in [0, 0.1) is 5.82 Å². The number of nitrogens with zero attached hydrogens (tertiary/aromatic N) is 2. The van der Waals surface area contributed by atoms with Gasteiger partial charge in [-0.05, 0) is 22.0 Å². The number of pyridine rings is 1. The average Bonchev–Trinajstić information content (AvgIpc) is 2.50. The summed E-state index contributed by atoms with van der Waals surface area (Å²) in [6.07, 6.45) is 3.17. The molecule has 5 heteroatoms. The molecule has 1 N–H and O–H groups in total. The maximum atomic E-state index is 13.4. The van der Waals surface area contributed by atoms with Crippen LogP contribution in [-0.4, -0.2) is 14.5 Å². The molecule has 2 rings (SSSR count). The molecule has 2 aromatic heterocycles. The quantitative estimate of drug-likeness (QED) is 0.830. The van der Waals surface area contributed by atoms with Crippen molar-refractivity contribution in [3.05, 3.63) is 34.4 Å². The van der Waals surface area contributed by atoms with E-state index in [4.69, 9.17) is 5.11 Å². The molecule has 13 heavy (non-hydrogen) atoms. The van der Waals surface area contributed by atoms with E-state index in [9.17, 15) is 4.39 Å². The van der Waals surface area contributed by atoms with Crippen molar-refractivity contribution >= 4 is 21.6 Å². The predicted molar refractivity (Wildman–Crippen MR) is 48.8 cm³/mol. The summed E-state index contributed by atoms with van der Waals surface area (Å²) in [5.74, 6) is -0.476. The fourth-order valence-corrected chi connectivity index (χ4v) is 1.54. The lowest BCUT2D eigenvalue weighted by Crippen LogP contribution is -1.95. The molecular formula is C8H6BrFN2O. The second kappa shape index (κ2) is 3.08. The topological polar surface area (TPSA) is 37.5 Å². The zero-order valence-electron chi connectivity index (χ0n) is 6.54. The Morgan fingerprint density at radius 1 is 1.62 bits per heavy atom. The third kappa shape index (κ3) is 1.24. The van der Waals surface area contributed by atoms with Gasteiger partial charge in [0.05, 0.1) is 12.8 Å². The number of hydrogen-bond acceptors (Lipinski definition) is 2. The largest absolute Gasteiger partial charge is 0.392 e. The number of rotatable bonds is 1. The van der Waals surface area contributed by atoms with Crippen LogP contribution in [0.5, 0.6) is 0 Å². The Labute approximate surface area is 82.0 Å². The lowest BCUT2D eigenvalue weighted by molar-refractivity contribution is 0.276. The Morgan fingerprint density at radius 2 is 2.38 bits per heavy atom. The van der Waals surface area contributed by atoms with E-state index in [0.29, 0.717) is 4.60 Å². The molecule has 0 amide bonds. The third-order valence-electron chi connectivity index (χ3n) is 1.83. The maximum absolute atomic E-state index is 13.4. The first-order valence-corrected chi connectivity index (χ1v) is 4.44. The van der Waals surface area contributed by atoms with E-state index in [1.165, 1.54) is 12.3 Å². The average molecular weight is 245 g/mol. The minimum Gasteiger partial charge on any atom is -0.392 e. The van der Waals surface area contributed by atoms with E-state index in [2.05, 4.69) is 20.9 Å². The molecule has 0 bridgehead atoms. The molecule has 3 nitrogen and oxygen atoms in total. The number of aromatic nitrogens is 2. The van der Waals surface area contributed by atoms with E-state index in [0.717, 1.165) is 0 Å². The monoisotopic (exact) mass is 244 g/mol. The van der Waals surface area contributed by atoms with Crippen molar-refractivity contribution < 1.29 is 9.50 Å².